The average molecular weight is 264 g/mol. The van der Waals surface area contributed by atoms with Crippen LogP contribution in [-0.2, 0) is 4.79 Å². The number of hydrogen-bond acceptors (Lipinski definition) is 4. The number of carbonyl (C=O) groups excluding carboxylic acids is 1. The van der Waals surface area contributed by atoms with Crippen LogP contribution in [0.1, 0.15) is 26.2 Å². The molecule has 19 heavy (non-hydrogen) atoms. The van der Waals surface area contributed by atoms with Crippen molar-refractivity contribution in [3.05, 3.63) is 0 Å². The SMILES string of the molecule is CC1(C(=O)N2CCN(CCC#N)CC2)CCNCC1. The second-order valence-corrected chi connectivity index (χ2v) is 5.85. The molecule has 2 heterocycles. The highest BCUT2D eigenvalue weighted by atomic mass is 16.2. The summed E-state index contributed by atoms with van der Waals surface area (Å²) in [7, 11) is 0. The van der Waals surface area contributed by atoms with Crippen molar-refractivity contribution < 1.29 is 4.79 Å². The molecule has 0 aromatic carbocycles. The van der Waals surface area contributed by atoms with Crippen LogP contribution in [0.15, 0.2) is 0 Å². The molecule has 0 radical (unpaired) electrons. The van der Waals surface area contributed by atoms with Crippen LogP contribution in [-0.4, -0.2) is 61.5 Å². The number of rotatable bonds is 3. The minimum atomic E-state index is -0.167. The molecule has 2 fully saturated rings. The second kappa shape index (κ2) is 6.36. The van der Waals surface area contributed by atoms with Crippen molar-refractivity contribution in [3.63, 3.8) is 0 Å². The van der Waals surface area contributed by atoms with Crippen LogP contribution in [0.3, 0.4) is 0 Å². The molecule has 0 unspecified atom stereocenters. The maximum Gasteiger partial charge on any atom is 0.228 e. The average Bonchev–Trinajstić information content (AvgIpc) is 2.46. The Bertz CT molecular complexity index is 349. The van der Waals surface area contributed by atoms with Gasteiger partial charge in [-0.05, 0) is 25.9 Å². The molecule has 5 nitrogen and oxygen atoms in total. The highest BCUT2D eigenvalue weighted by Crippen LogP contribution is 2.30. The lowest BCUT2D eigenvalue weighted by molar-refractivity contribution is -0.144. The van der Waals surface area contributed by atoms with Crippen molar-refractivity contribution in [2.45, 2.75) is 26.2 Å². The van der Waals surface area contributed by atoms with Crippen molar-refractivity contribution >= 4 is 5.91 Å². The maximum atomic E-state index is 12.6. The summed E-state index contributed by atoms with van der Waals surface area (Å²) in [6.07, 6.45) is 2.47. The highest BCUT2D eigenvalue weighted by molar-refractivity contribution is 5.82. The third-order valence-corrected chi connectivity index (χ3v) is 4.42. The summed E-state index contributed by atoms with van der Waals surface area (Å²) < 4.78 is 0. The molecule has 0 aromatic heterocycles. The number of nitrogens with one attached hydrogen (secondary N) is 1. The molecule has 1 N–H and O–H groups in total. The molecule has 2 saturated heterocycles. The topological polar surface area (TPSA) is 59.4 Å². The molecule has 2 aliphatic heterocycles. The maximum absolute atomic E-state index is 12.6. The molecule has 1 amide bonds. The Morgan fingerprint density at radius 2 is 1.89 bits per heavy atom. The van der Waals surface area contributed by atoms with E-state index >= 15 is 0 Å². The van der Waals surface area contributed by atoms with Gasteiger partial charge < -0.3 is 10.2 Å². The molecule has 0 spiro atoms. The lowest BCUT2D eigenvalue weighted by Gasteiger charge is -2.41. The first-order valence-corrected chi connectivity index (χ1v) is 7.25. The summed E-state index contributed by atoms with van der Waals surface area (Å²) >= 11 is 0. The molecular formula is C14H24N4O. The smallest absolute Gasteiger partial charge is 0.228 e. The van der Waals surface area contributed by atoms with Gasteiger partial charge in [0.1, 0.15) is 0 Å². The van der Waals surface area contributed by atoms with E-state index in [2.05, 4.69) is 23.2 Å². The van der Waals surface area contributed by atoms with Crippen LogP contribution in [0.2, 0.25) is 0 Å². The zero-order valence-electron chi connectivity index (χ0n) is 11.8. The summed E-state index contributed by atoms with van der Waals surface area (Å²) in [4.78, 5) is 16.9. The van der Waals surface area contributed by atoms with Crippen molar-refractivity contribution in [3.8, 4) is 6.07 Å². The van der Waals surface area contributed by atoms with Gasteiger partial charge in [-0.1, -0.05) is 6.92 Å². The summed E-state index contributed by atoms with van der Waals surface area (Å²) in [6.45, 7) is 8.27. The standard InChI is InChI=1S/C14H24N4O/c1-14(3-6-16-7-4-14)13(19)18-11-9-17(10-12-18)8-2-5-15/h16H,2-4,6-12H2,1H3. The summed E-state index contributed by atoms with van der Waals surface area (Å²) in [5, 5.41) is 11.9. The number of nitriles is 1. The normalized spacial score (nSPS) is 23.9. The predicted molar refractivity (Wildman–Crippen MR) is 73.5 cm³/mol. The summed E-state index contributed by atoms with van der Waals surface area (Å²) in [5.41, 5.74) is -0.167. The predicted octanol–water partition coefficient (Wildman–Crippen LogP) is 0.434. The molecule has 0 aliphatic carbocycles. The Balaban J connectivity index is 1.83. The van der Waals surface area contributed by atoms with E-state index in [-0.39, 0.29) is 5.41 Å². The van der Waals surface area contributed by atoms with Gasteiger partial charge in [-0.25, -0.2) is 0 Å². The summed E-state index contributed by atoms with van der Waals surface area (Å²) in [6, 6.07) is 2.18. The molecule has 0 saturated carbocycles. The van der Waals surface area contributed by atoms with Gasteiger partial charge in [-0.2, -0.15) is 5.26 Å². The lowest BCUT2D eigenvalue weighted by Crippen LogP contribution is -2.54. The highest BCUT2D eigenvalue weighted by Gasteiger charge is 2.38. The Labute approximate surface area is 115 Å². The number of nitrogens with zero attached hydrogens (tertiary/aromatic N) is 3. The zero-order chi connectivity index (χ0) is 13.7. The first-order chi connectivity index (χ1) is 9.15. The van der Waals surface area contributed by atoms with Gasteiger partial charge in [0.25, 0.3) is 0 Å². The quantitative estimate of drug-likeness (QED) is 0.803. The van der Waals surface area contributed by atoms with Crippen LogP contribution in [0.4, 0.5) is 0 Å². The summed E-state index contributed by atoms with van der Waals surface area (Å²) in [5.74, 6) is 0.328. The fourth-order valence-electron chi connectivity index (χ4n) is 2.96. The van der Waals surface area contributed by atoms with Crippen LogP contribution in [0, 0.1) is 16.7 Å². The van der Waals surface area contributed by atoms with Crippen molar-refractivity contribution in [1.29, 1.82) is 5.26 Å². The second-order valence-electron chi connectivity index (χ2n) is 5.85. The van der Waals surface area contributed by atoms with Gasteiger partial charge in [0.2, 0.25) is 5.91 Å². The Morgan fingerprint density at radius 1 is 1.26 bits per heavy atom. The van der Waals surface area contributed by atoms with Gasteiger partial charge in [0.15, 0.2) is 0 Å². The molecule has 0 aromatic rings. The first-order valence-electron chi connectivity index (χ1n) is 7.25. The number of hydrogen-bond donors (Lipinski definition) is 1. The third-order valence-electron chi connectivity index (χ3n) is 4.42. The van der Waals surface area contributed by atoms with Gasteiger partial charge in [0.05, 0.1) is 6.07 Å². The van der Waals surface area contributed by atoms with E-state index in [0.29, 0.717) is 12.3 Å². The molecular weight excluding hydrogens is 240 g/mol. The van der Waals surface area contributed by atoms with E-state index in [4.69, 9.17) is 5.26 Å². The number of piperidine rings is 1. The molecule has 5 heteroatoms. The van der Waals surface area contributed by atoms with E-state index in [9.17, 15) is 4.79 Å². The van der Waals surface area contributed by atoms with Crippen molar-refractivity contribution in [2.75, 3.05) is 45.8 Å². The lowest BCUT2D eigenvalue weighted by atomic mass is 9.79. The largest absolute Gasteiger partial charge is 0.340 e. The fourth-order valence-corrected chi connectivity index (χ4v) is 2.96. The van der Waals surface area contributed by atoms with Gasteiger partial charge >= 0.3 is 0 Å². The number of carbonyl (C=O) groups is 1. The van der Waals surface area contributed by atoms with E-state index in [1.54, 1.807) is 0 Å². The molecule has 0 bridgehead atoms. The van der Waals surface area contributed by atoms with Crippen molar-refractivity contribution in [2.24, 2.45) is 5.41 Å². The van der Waals surface area contributed by atoms with Crippen molar-refractivity contribution in [1.82, 2.24) is 15.1 Å². The monoisotopic (exact) mass is 264 g/mol. The van der Waals surface area contributed by atoms with Crippen LogP contribution in [0.5, 0.6) is 0 Å². The molecule has 2 rings (SSSR count). The fraction of sp³-hybridized carbons (Fsp3) is 0.857. The van der Waals surface area contributed by atoms with Crippen LogP contribution in [0.25, 0.3) is 0 Å². The van der Waals surface area contributed by atoms with Crippen LogP contribution >= 0.6 is 0 Å². The van der Waals surface area contributed by atoms with E-state index in [1.807, 2.05) is 4.90 Å². The Hall–Kier alpha value is -1.12. The molecule has 2 aliphatic rings. The minimum absolute atomic E-state index is 0.167. The zero-order valence-corrected chi connectivity index (χ0v) is 11.8. The van der Waals surface area contributed by atoms with E-state index in [1.165, 1.54) is 0 Å². The van der Waals surface area contributed by atoms with E-state index in [0.717, 1.165) is 58.7 Å². The van der Waals surface area contributed by atoms with Gasteiger partial charge in [-0.3, -0.25) is 9.69 Å². The minimum Gasteiger partial charge on any atom is -0.340 e. The molecule has 0 atom stereocenters. The Kier molecular flexibility index (Phi) is 4.78. The van der Waals surface area contributed by atoms with Gasteiger partial charge in [-0.15, -0.1) is 0 Å². The first kappa shape index (κ1) is 14.3. The Morgan fingerprint density at radius 3 is 2.47 bits per heavy atom. The third kappa shape index (κ3) is 3.46. The number of amides is 1. The number of piperazine rings is 1. The van der Waals surface area contributed by atoms with E-state index < -0.39 is 0 Å². The van der Waals surface area contributed by atoms with Gasteiger partial charge in [0, 0.05) is 44.6 Å². The van der Waals surface area contributed by atoms with Crippen LogP contribution < -0.4 is 5.32 Å². The molecule has 106 valence electrons.